The van der Waals surface area contributed by atoms with Crippen molar-refractivity contribution in [3.8, 4) is 6.07 Å². The average Bonchev–Trinajstić information content (AvgIpc) is 2.68. The molecule has 1 aromatic heterocycles. The Bertz CT molecular complexity index is 752. The fourth-order valence-corrected chi connectivity index (χ4v) is 4.54. The molecule has 3 nitrogen and oxygen atoms in total. The predicted octanol–water partition coefficient (Wildman–Crippen LogP) is 5.21. The van der Waals surface area contributed by atoms with Gasteiger partial charge in [-0.25, -0.2) is 0 Å². The van der Waals surface area contributed by atoms with Gasteiger partial charge in [0.05, 0.1) is 0 Å². The first-order chi connectivity index (χ1) is 8.66. The maximum Gasteiger partial charge on any atom is 0.356 e. The summed E-state index contributed by atoms with van der Waals surface area (Å²) in [6.07, 6.45) is 0. The van der Waals surface area contributed by atoms with Crippen LogP contribution in [0.1, 0.15) is 10.4 Å². The highest BCUT2D eigenvalue weighted by Gasteiger charge is 2.50. The fraction of sp³-hybridized carbons (Fsp3) is 0.100. The molecular formula is C10H4BrF2INO2PS. The summed E-state index contributed by atoms with van der Waals surface area (Å²) in [5.74, 6) is 0. The third-order valence-electron chi connectivity index (χ3n) is 2.39. The van der Waals surface area contributed by atoms with E-state index in [0.717, 1.165) is 28.1 Å². The number of nitrogens with zero attached hydrogens (tertiary/aromatic N) is 1. The molecule has 1 aromatic carbocycles. The van der Waals surface area contributed by atoms with E-state index < -0.39 is 16.2 Å². The second kappa shape index (κ2) is 5.04. The summed E-state index contributed by atoms with van der Waals surface area (Å²) in [5.41, 5.74) is -4.41. The molecule has 0 aliphatic carbocycles. The summed E-state index contributed by atoms with van der Waals surface area (Å²) < 4.78 is 39.9. The molecular weight excluding hydrogens is 474 g/mol. The average molecular weight is 478 g/mol. The van der Waals surface area contributed by atoms with Crippen molar-refractivity contribution < 1.29 is 18.2 Å². The van der Waals surface area contributed by atoms with Gasteiger partial charge in [-0.15, -0.1) is 11.3 Å². The molecule has 0 saturated heterocycles. The largest absolute Gasteiger partial charge is 0.356 e. The van der Waals surface area contributed by atoms with Crippen molar-refractivity contribution in [1.82, 2.24) is 0 Å². The maximum absolute atomic E-state index is 13.9. The molecule has 19 heavy (non-hydrogen) atoms. The van der Waals surface area contributed by atoms with Crippen LogP contribution >= 0.6 is 54.3 Å². The Morgan fingerprint density at radius 2 is 2.11 bits per heavy atom. The van der Waals surface area contributed by atoms with Crippen LogP contribution in [0.25, 0.3) is 10.1 Å². The van der Waals surface area contributed by atoms with E-state index in [-0.39, 0.29) is 4.47 Å². The van der Waals surface area contributed by atoms with E-state index in [0.29, 0.717) is 15.0 Å². The Morgan fingerprint density at radius 1 is 1.47 bits per heavy atom. The Balaban J connectivity index is 2.72. The molecule has 1 atom stereocenters. The van der Waals surface area contributed by atoms with E-state index in [1.807, 2.05) is 6.07 Å². The van der Waals surface area contributed by atoms with Gasteiger partial charge in [0.1, 0.15) is 10.9 Å². The molecule has 1 N–H and O–H groups in total. The summed E-state index contributed by atoms with van der Waals surface area (Å²) in [6, 6.07) is 5.97. The molecule has 0 aliphatic rings. The van der Waals surface area contributed by atoms with E-state index in [1.165, 1.54) is 23.5 Å². The molecule has 0 spiro atoms. The lowest BCUT2D eigenvalue weighted by Crippen LogP contribution is -2.11. The molecule has 2 rings (SSSR count). The van der Waals surface area contributed by atoms with Crippen molar-refractivity contribution in [3.05, 3.63) is 33.1 Å². The number of hydrogen-bond acceptors (Lipinski definition) is 3. The standard InChI is InChI=1S/C10H4BrF2INO2PS/c11-8-3-9-5(1-6(4-15)19-9)2-7(8)10(12,13)18(14,16)17/h1-3H,(H,16,17). The van der Waals surface area contributed by atoms with Gasteiger partial charge in [-0.1, -0.05) is 15.9 Å². The van der Waals surface area contributed by atoms with E-state index in [9.17, 15) is 13.3 Å². The third kappa shape index (κ3) is 2.72. The van der Waals surface area contributed by atoms with Crippen LogP contribution in [0.3, 0.4) is 0 Å². The van der Waals surface area contributed by atoms with Crippen molar-refractivity contribution in [1.29, 1.82) is 5.26 Å². The molecule has 0 saturated carbocycles. The molecule has 1 heterocycles. The summed E-state index contributed by atoms with van der Waals surface area (Å²) >= 11 is 5.02. The Hall–Kier alpha value is -0.0700. The van der Waals surface area contributed by atoms with Crippen molar-refractivity contribution in [2.24, 2.45) is 0 Å². The summed E-state index contributed by atoms with van der Waals surface area (Å²) in [4.78, 5) is 9.56. The number of thiophene rings is 1. The van der Waals surface area contributed by atoms with Crippen LogP contribution in [0.15, 0.2) is 22.7 Å². The number of alkyl halides is 2. The van der Waals surface area contributed by atoms with Gasteiger partial charge >= 0.3 is 10.7 Å². The minimum absolute atomic E-state index is 0.0438. The number of benzene rings is 1. The molecule has 0 bridgehead atoms. The van der Waals surface area contributed by atoms with Crippen LogP contribution in [0, 0.1) is 11.3 Å². The minimum Gasteiger partial charge on any atom is -0.333 e. The minimum atomic E-state index is -4.65. The Morgan fingerprint density at radius 3 is 2.63 bits per heavy atom. The summed E-state index contributed by atoms with van der Waals surface area (Å²) in [5, 5.41) is 4.58. The van der Waals surface area contributed by atoms with Crippen molar-refractivity contribution in [2.75, 3.05) is 0 Å². The lowest BCUT2D eigenvalue weighted by Gasteiger charge is -2.19. The Kier molecular flexibility index (Phi) is 4.06. The van der Waals surface area contributed by atoms with Crippen LogP contribution in [0.2, 0.25) is 0 Å². The summed E-state index contributed by atoms with van der Waals surface area (Å²) in [7, 11) is 0. The van der Waals surface area contributed by atoms with Crippen LogP contribution in [-0.4, -0.2) is 4.89 Å². The SMILES string of the molecule is N#Cc1cc2cc(C(F)(F)P(=O)(O)I)c(Br)cc2s1. The van der Waals surface area contributed by atoms with Crippen LogP contribution in [0.4, 0.5) is 8.78 Å². The molecule has 0 amide bonds. The van der Waals surface area contributed by atoms with Crippen molar-refractivity contribution >= 4 is 64.4 Å². The van der Waals surface area contributed by atoms with Crippen molar-refractivity contribution in [3.63, 3.8) is 0 Å². The highest BCUT2D eigenvalue weighted by atomic mass is 127. The molecule has 0 aliphatic heterocycles. The van der Waals surface area contributed by atoms with Gasteiger partial charge < -0.3 is 4.89 Å². The number of fused-ring (bicyclic) bond motifs is 1. The van der Waals surface area contributed by atoms with Gasteiger partial charge in [0.15, 0.2) is 0 Å². The zero-order chi connectivity index (χ0) is 14.4. The first-order valence-electron chi connectivity index (χ1n) is 4.71. The zero-order valence-electron chi connectivity index (χ0n) is 8.90. The van der Waals surface area contributed by atoms with Crippen LogP contribution in [0.5, 0.6) is 0 Å². The molecule has 9 heteroatoms. The van der Waals surface area contributed by atoms with E-state index in [4.69, 9.17) is 10.2 Å². The lowest BCUT2D eigenvalue weighted by molar-refractivity contribution is 0.0798. The van der Waals surface area contributed by atoms with Gasteiger partial charge in [0.25, 0.3) is 0 Å². The predicted molar refractivity (Wildman–Crippen MR) is 82.0 cm³/mol. The lowest BCUT2D eigenvalue weighted by atomic mass is 10.1. The molecule has 2 aromatic rings. The van der Waals surface area contributed by atoms with Gasteiger partial charge in [-0.2, -0.15) is 14.0 Å². The summed E-state index contributed by atoms with van der Waals surface area (Å²) in [6.45, 7) is 0. The van der Waals surface area contributed by atoms with Gasteiger partial charge in [0.2, 0.25) is 0 Å². The topological polar surface area (TPSA) is 61.1 Å². The van der Waals surface area contributed by atoms with Gasteiger partial charge in [0, 0.05) is 36.8 Å². The fourth-order valence-electron chi connectivity index (χ4n) is 1.50. The third-order valence-corrected chi connectivity index (χ3v) is 6.80. The normalized spacial score (nSPS) is 15.2. The first kappa shape index (κ1) is 15.3. The molecule has 100 valence electrons. The number of nitriles is 1. The van der Waals surface area contributed by atoms with Crippen LogP contribution < -0.4 is 0 Å². The quantitative estimate of drug-likeness (QED) is 0.477. The zero-order valence-corrected chi connectivity index (χ0v) is 14.4. The van der Waals surface area contributed by atoms with E-state index in [2.05, 4.69) is 15.9 Å². The molecule has 1 unspecified atom stereocenters. The van der Waals surface area contributed by atoms with Crippen LogP contribution in [-0.2, 0) is 10.2 Å². The number of hydrogen-bond donors (Lipinski definition) is 1. The number of halogens is 4. The maximum atomic E-state index is 13.9. The first-order valence-corrected chi connectivity index (χ1v) is 10.8. The second-order valence-electron chi connectivity index (χ2n) is 3.64. The molecule has 0 radical (unpaired) electrons. The monoisotopic (exact) mass is 477 g/mol. The van der Waals surface area contributed by atoms with Gasteiger partial charge in [-0.3, -0.25) is 4.57 Å². The van der Waals surface area contributed by atoms with Gasteiger partial charge in [-0.05, 0) is 23.6 Å². The molecule has 0 fully saturated rings. The van der Waals surface area contributed by atoms with E-state index in [1.54, 1.807) is 0 Å². The smallest absolute Gasteiger partial charge is 0.333 e. The van der Waals surface area contributed by atoms with E-state index >= 15 is 0 Å². The second-order valence-corrected chi connectivity index (χ2v) is 11.1. The number of rotatable bonds is 2. The highest BCUT2D eigenvalue weighted by molar-refractivity contribution is 14.2. The Labute approximate surface area is 132 Å². The highest BCUT2D eigenvalue weighted by Crippen LogP contribution is 2.69. The van der Waals surface area contributed by atoms with Crippen molar-refractivity contribution in [2.45, 2.75) is 5.66 Å².